The molecule has 0 aromatic heterocycles. The van der Waals surface area contributed by atoms with E-state index in [1.807, 2.05) is 0 Å². The fraction of sp³-hybridized carbons (Fsp3) is 0.556. The van der Waals surface area contributed by atoms with Gasteiger partial charge < -0.3 is 11.1 Å². The van der Waals surface area contributed by atoms with Gasteiger partial charge in [0, 0.05) is 19.3 Å². The summed E-state index contributed by atoms with van der Waals surface area (Å²) in [7, 11) is 0. The van der Waals surface area contributed by atoms with Gasteiger partial charge in [-0.25, -0.2) is 0 Å². The molecule has 14 heavy (non-hydrogen) atoms. The Morgan fingerprint density at radius 1 is 1.79 bits per heavy atom. The molecule has 0 aromatic rings. The van der Waals surface area contributed by atoms with Gasteiger partial charge in [-0.15, -0.1) is 11.6 Å². The van der Waals surface area contributed by atoms with Crippen molar-refractivity contribution in [3.63, 3.8) is 0 Å². The summed E-state index contributed by atoms with van der Waals surface area (Å²) in [6.45, 7) is 2.62. The lowest BCUT2D eigenvalue weighted by atomic mass is 9.98. The van der Waals surface area contributed by atoms with Crippen LogP contribution in [0.25, 0.3) is 0 Å². The topological polar surface area (TPSA) is 67.5 Å². The van der Waals surface area contributed by atoms with Gasteiger partial charge >= 0.3 is 0 Å². The molecule has 4 nitrogen and oxygen atoms in total. The van der Waals surface area contributed by atoms with Crippen LogP contribution in [0.5, 0.6) is 0 Å². The first kappa shape index (κ1) is 11.2. The third kappa shape index (κ3) is 2.56. The lowest BCUT2D eigenvalue weighted by Gasteiger charge is -2.26. The average Bonchev–Trinajstić information content (AvgIpc) is 2.13. The molecule has 0 saturated heterocycles. The van der Waals surface area contributed by atoms with Crippen molar-refractivity contribution in [2.24, 2.45) is 10.7 Å². The molecule has 2 unspecified atom stereocenters. The van der Waals surface area contributed by atoms with Crippen LogP contribution in [0.4, 0.5) is 0 Å². The summed E-state index contributed by atoms with van der Waals surface area (Å²) in [6.07, 6.45) is 5.07. The standard InChI is InChI=1S/C9H14ClN3O/c1-9(10)3-2-5-12-7(9)8(14)13-6-4-11/h2-3,5,7H,4,6,11H2,1H3,(H,13,14). The van der Waals surface area contributed by atoms with E-state index in [2.05, 4.69) is 10.3 Å². The Bertz CT molecular complexity index is 273. The highest BCUT2D eigenvalue weighted by molar-refractivity contribution is 6.27. The van der Waals surface area contributed by atoms with Crippen molar-refractivity contribution in [2.75, 3.05) is 13.1 Å². The molecule has 1 rings (SSSR count). The molecule has 0 saturated carbocycles. The lowest BCUT2D eigenvalue weighted by molar-refractivity contribution is -0.122. The molecule has 78 valence electrons. The lowest BCUT2D eigenvalue weighted by Crippen LogP contribution is -2.46. The van der Waals surface area contributed by atoms with Crippen molar-refractivity contribution in [1.29, 1.82) is 0 Å². The molecule has 1 aliphatic heterocycles. The van der Waals surface area contributed by atoms with E-state index in [1.54, 1.807) is 25.3 Å². The van der Waals surface area contributed by atoms with E-state index in [4.69, 9.17) is 17.3 Å². The average molecular weight is 216 g/mol. The van der Waals surface area contributed by atoms with Gasteiger partial charge in [0.15, 0.2) is 6.04 Å². The smallest absolute Gasteiger partial charge is 0.246 e. The Morgan fingerprint density at radius 2 is 2.50 bits per heavy atom. The van der Waals surface area contributed by atoms with Crippen LogP contribution in [0.2, 0.25) is 0 Å². The Labute approximate surface area is 88.2 Å². The van der Waals surface area contributed by atoms with Crippen molar-refractivity contribution >= 4 is 23.7 Å². The van der Waals surface area contributed by atoms with E-state index in [1.165, 1.54) is 0 Å². The Balaban J connectivity index is 2.63. The first-order chi connectivity index (χ1) is 6.58. The van der Waals surface area contributed by atoms with Crippen molar-refractivity contribution in [3.8, 4) is 0 Å². The SMILES string of the molecule is CC1(Cl)C=CC=NC1C(=O)NCCN. The zero-order valence-electron chi connectivity index (χ0n) is 8.03. The number of hydrogen-bond donors (Lipinski definition) is 2. The van der Waals surface area contributed by atoms with Crippen LogP contribution < -0.4 is 11.1 Å². The van der Waals surface area contributed by atoms with Gasteiger partial charge in [0.25, 0.3) is 0 Å². The molecule has 0 radical (unpaired) electrons. The third-order valence-corrected chi connectivity index (χ3v) is 2.30. The van der Waals surface area contributed by atoms with Crippen molar-refractivity contribution in [3.05, 3.63) is 12.2 Å². The van der Waals surface area contributed by atoms with Crippen molar-refractivity contribution < 1.29 is 4.79 Å². The van der Waals surface area contributed by atoms with E-state index in [0.717, 1.165) is 0 Å². The summed E-state index contributed by atoms with van der Waals surface area (Å²) in [4.78, 5) is 14.9. The molecule has 0 fully saturated rings. The Kier molecular flexibility index (Phi) is 3.66. The van der Waals surface area contributed by atoms with Crippen LogP contribution >= 0.6 is 11.6 Å². The largest absolute Gasteiger partial charge is 0.353 e. The number of nitrogens with zero attached hydrogens (tertiary/aromatic N) is 1. The van der Waals surface area contributed by atoms with E-state index in [9.17, 15) is 4.79 Å². The zero-order valence-corrected chi connectivity index (χ0v) is 8.79. The summed E-state index contributed by atoms with van der Waals surface area (Å²) < 4.78 is 0. The highest BCUT2D eigenvalue weighted by Crippen LogP contribution is 2.25. The minimum Gasteiger partial charge on any atom is -0.353 e. The van der Waals surface area contributed by atoms with Gasteiger partial charge in [0.2, 0.25) is 5.91 Å². The number of aliphatic imine (C=N–C) groups is 1. The number of halogens is 1. The highest BCUT2D eigenvalue weighted by Gasteiger charge is 2.35. The monoisotopic (exact) mass is 215 g/mol. The van der Waals surface area contributed by atoms with Gasteiger partial charge in [-0.05, 0) is 13.0 Å². The predicted molar refractivity (Wildman–Crippen MR) is 57.7 cm³/mol. The summed E-state index contributed by atoms with van der Waals surface area (Å²) in [5.41, 5.74) is 5.27. The molecule has 0 aromatic carbocycles. The third-order valence-electron chi connectivity index (χ3n) is 1.97. The molecule has 1 aliphatic rings. The maximum atomic E-state index is 11.6. The number of carbonyl (C=O) groups excluding carboxylic acids is 1. The molecular formula is C9H14ClN3O. The summed E-state index contributed by atoms with van der Waals surface area (Å²) in [5, 5.41) is 2.66. The molecule has 2 atom stereocenters. The molecule has 1 amide bonds. The second-order valence-corrected chi connectivity index (χ2v) is 4.11. The minimum absolute atomic E-state index is 0.187. The number of hydrogen-bond acceptors (Lipinski definition) is 3. The maximum absolute atomic E-state index is 11.6. The first-order valence-electron chi connectivity index (χ1n) is 4.45. The minimum atomic E-state index is -0.743. The summed E-state index contributed by atoms with van der Waals surface area (Å²) >= 11 is 6.12. The van der Waals surface area contributed by atoms with Gasteiger partial charge in [-0.2, -0.15) is 0 Å². The number of amides is 1. The summed E-state index contributed by atoms with van der Waals surface area (Å²) in [5.74, 6) is -0.187. The number of allylic oxidation sites excluding steroid dienone is 1. The fourth-order valence-corrected chi connectivity index (χ4v) is 1.45. The fourth-order valence-electron chi connectivity index (χ4n) is 1.22. The van der Waals surface area contributed by atoms with Crippen LogP contribution in [0.15, 0.2) is 17.1 Å². The molecule has 0 bridgehead atoms. The van der Waals surface area contributed by atoms with E-state index < -0.39 is 10.9 Å². The van der Waals surface area contributed by atoms with Gasteiger partial charge in [-0.3, -0.25) is 9.79 Å². The molecule has 0 spiro atoms. The number of nitrogens with one attached hydrogen (secondary N) is 1. The Hall–Kier alpha value is -0.870. The number of nitrogens with two attached hydrogens (primary N) is 1. The van der Waals surface area contributed by atoms with Gasteiger partial charge in [0.1, 0.15) is 0 Å². The first-order valence-corrected chi connectivity index (χ1v) is 4.83. The molecule has 0 aliphatic carbocycles. The van der Waals surface area contributed by atoms with Crippen LogP contribution in [-0.4, -0.2) is 36.1 Å². The van der Waals surface area contributed by atoms with E-state index in [-0.39, 0.29) is 5.91 Å². The second kappa shape index (κ2) is 4.57. The zero-order chi connectivity index (χ0) is 10.6. The van der Waals surface area contributed by atoms with Crippen LogP contribution in [0.1, 0.15) is 6.92 Å². The normalized spacial score (nSPS) is 30.4. The van der Waals surface area contributed by atoms with Crippen LogP contribution in [-0.2, 0) is 4.79 Å². The predicted octanol–water partition coefficient (Wildman–Crippen LogP) is 0.0680. The molecule has 1 heterocycles. The quantitative estimate of drug-likeness (QED) is 0.655. The van der Waals surface area contributed by atoms with E-state index >= 15 is 0 Å². The maximum Gasteiger partial charge on any atom is 0.246 e. The summed E-state index contributed by atoms with van der Waals surface area (Å²) in [6, 6.07) is -0.569. The molecular weight excluding hydrogens is 202 g/mol. The number of dihydropyridines is 1. The van der Waals surface area contributed by atoms with Crippen molar-refractivity contribution in [2.45, 2.75) is 17.8 Å². The van der Waals surface area contributed by atoms with E-state index in [0.29, 0.717) is 13.1 Å². The van der Waals surface area contributed by atoms with Crippen LogP contribution in [0, 0.1) is 0 Å². The van der Waals surface area contributed by atoms with Gasteiger partial charge in [0.05, 0.1) is 4.87 Å². The van der Waals surface area contributed by atoms with Crippen LogP contribution in [0.3, 0.4) is 0 Å². The molecule has 3 N–H and O–H groups in total. The van der Waals surface area contributed by atoms with Gasteiger partial charge in [-0.1, -0.05) is 6.08 Å². The second-order valence-electron chi connectivity index (χ2n) is 3.29. The number of rotatable bonds is 3. The number of carbonyl (C=O) groups is 1. The van der Waals surface area contributed by atoms with Crippen molar-refractivity contribution in [1.82, 2.24) is 5.32 Å². The highest BCUT2D eigenvalue weighted by atomic mass is 35.5. The number of alkyl halides is 1. The molecule has 5 heteroatoms. The Morgan fingerprint density at radius 3 is 3.07 bits per heavy atom.